The lowest BCUT2D eigenvalue weighted by atomic mass is 10.7. The number of carbonyl (C=O) groups is 1. The van der Waals surface area contributed by atoms with Gasteiger partial charge in [0.25, 0.3) is 0 Å². The van der Waals surface area contributed by atoms with Gasteiger partial charge in [0.1, 0.15) is 0 Å². The highest BCUT2D eigenvalue weighted by Crippen LogP contribution is 2.41. The predicted octanol–water partition coefficient (Wildman–Crippen LogP) is 0.582. The number of hydrogen-bond donors (Lipinski definition) is 2. The molecule has 0 spiro atoms. The van der Waals surface area contributed by atoms with E-state index in [0.717, 1.165) is 0 Å². The van der Waals surface area contributed by atoms with Crippen molar-refractivity contribution in [3.05, 3.63) is 0 Å². The van der Waals surface area contributed by atoms with E-state index in [4.69, 9.17) is 20.5 Å². The summed E-state index contributed by atoms with van der Waals surface area (Å²) in [6, 6.07) is 0. The van der Waals surface area contributed by atoms with Crippen LogP contribution in [-0.4, -0.2) is 28.9 Å². The Kier molecular flexibility index (Phi) is 2.21. The number of ether oxygens (including phenoxy) is 1. The number of carboxylic acid groups (broad SMARTS) is 1. The summed E-state index contributed by atoms with van der Waals surface area (Å²) in [5, 5.41) is 8.39. The van der Waals surface area contributed by atoms with E-state index >= 15 is 0 Å². The third-order valence-electron chi connectivity index (χ3n) is 1.05. The standard InChI is InChI=1S/C4H7ClO3S/c5-9-2-1-8-4(9)3(6)7/h4,9H,1-2H2,(H,6,7)/t4-/m1/s1. The van der Waals surface area contributed by atoms with Crippen LogP contribution in [0.1, 0.15) is 0 Å². The van der Waals surface area contributed by atoms with Crippen LogP contribution in [0.3, 0.4) is 0 Å². The monoisotopic (exact) mass is 170 g/mol. The zero-order valence-electron chi connectivity index (χ0n) is 4.58. The molecule has 0 aromatic rings. The molecule has 1 heterocycles. The van der Waals surface area contributed by atoms with Gasteiger partial charge in [-0.1, -0.05) is 10.7 Å². The van der Waals surface area contributed by atoms with Gasteiger partial charge in [-0.2, -0.15) is 0 Å². The summed E-state index contributed by atoms with van der Waals surface area (Å²) in [5.74, 6) is -0.234. The fourth-order valence-corrected chi connectivity index (χ4v) is 2.29. The lowest BCUT2D eigenvalue weighted by molar-refractivity contribution is -0.143. The van der Waals surface area contributed by atoms with Crippen molar-refractivity contribution in [2.24, 2.45) is 0 Å². The van der Waals surface area contributed by atoms with Crippen LogP contribution in [0.25, 0.3) is 0 Å². The first-order valence-corrected chi connectivity index (χ1v) is 4.99. The summed E-state index contributed by atoms with van der Waals surface area (Å²) in [6.45, 7) is 0.492. The average molecular weight is 171 g/mol. The highest BCUT2D eigenvalue weighted by molar-refractivity contribution is 8.37. The summed E-state index contributed by atoms with van der Waals surface area (Å²) in [7, 11) is 4.71. The maximum atomic E-state index is 10.2. The Morgan fingerprint density at radius 3 is 2.78 bits per heavy atom. The van der Waals surface area contributed by atoms with E-state index in [2.05, 4.69) is 0 Å². The van der Waals surface area contributed by atoms with Crippen LogP contribution in [0.15, 0.2) is 0 Å². The molecule has 2 atom stereocenters. The van der Waals surface area contributed by atoms with Gasteiger partial charge in [-0.05, 0) is 0 Å². The van der Waals surface area contributed by atoms with E-state index in [0.29, 0.717) is 12.4 Å². The zero-order chi connectivity index (χ0) is 6.85. The molecule has 9 heavy (non-hydrogen) atoms. The minimum Gasteiger partial charge on any atom is -0.479 e. The third kappa shape index (κ3) is 1.50. The Morgan fingerprint density at radius 1 is 1.89 bits per heavy atom. The van der Waals surface area contributed by atoms with Crippen LogP contribution < -0.4 is 0 Å². The molecule has 0 saturated carbocycles. The van der Waals surface area contributed by atoms with Crippen molar-refractivity contribution in [1.29, 1.82) is 0 Å². The molecule has 1 aliphatic rings. The second kappa shape index (κ2) is 2.77. The van der Waals surface area contributed by atoms with Crippen LogP contribution >= 0.6 is 20.8 Å². The Balaban J connectivity index is 2.49. The van der Waals surface area contributed by atoms with E-state index in [1.165, 1.54) is 0 Å². The highest BCUT2D eigenvalue weighted by atomic mass is 35.7. The van der Waals surface area contributed by atoms with Gasteiger partial charge in [-0.25, -0.2) is 4.79 Å². The minimum atomic E-state index is -0.936. The van der Waals surface area contributed by atoms with E-state index in [1.807, 2.05) is 0 Å². The van der Waals surface area contributed by atoms with E-state index in [9.17, 15) is 4.79 Å². The zero-order valence-corrected chi connectivity index (χ0v) is 6.23. The molecule has 54 valence electrons. The Hall–Kier alpha value is 0.0700. The van der Waals surface area contributed by atoms with Gasteiger partial charge in [-0.3, -0.25) is 0 Å². The van der Waals surface area contributed by atoms with Gasteiger partial charge in [0.2, 0.25) is 0 Å². The summed E-state index contributed by atoms with van der Waals surface area (Å²) >= 11 is 0. The molecule has 1 fully saturated rings. The van der Waals surface area contributed by atoms with Gasteiger partial charge >= 0.3 is 5.97 Å². The number of thiol groups is 1. The first-order valence-electron chi connectivity index (χ1n) is 2.48. The molecular weight excluding hydrogens is 164 g/mol. The molecule has 0 bridgehead atoms. The second-order valence-electron chi connectivity index (χ2n) is 1.68. The highest BCUT2D eigenvalue weighted by Gasteiger charge is 2.29. The van der Waals surface area contributed by atoms with Gasteiger partial charge in [0.05, 0.1) is 6.61 Å². The number of aliphatic carboxylic acids is 1. The lowest BCUT2D eigenvalue weighted by Gasteiger charge is -2.08. The quantitative estimate of drug-likeness (QED) is 0.566. The molecule has 0 aromatic carbocycles. The number of rotatable bonds is 1. The molecule has 1 saturated heterocycles. The molecule has 0 aromatic heterocycles. The first-order chi connectivity index (χ1) is 4.22. The molecule has 0 amide bonds. The average Bonchev–Trinajstić information content (AvgIpc) is 2.13. The maximum absolute atomic E-state index is 10.2. The topological polar surface area (TPSA) is 46.5 Å². The van der Waals surface area contributed by atoms with Crippen LogP contribution in [0.2, 0.25) is 0 Å². The van der Waals surface area contributed by atoms with Crippen molar-refractivity contribution in [2.75, 3.05) is 12.4 Å². The minimum absolute atomic E-state index is 0.492. The van der Waals surface area contributed by atoms with Gasteiger partial charge in [-0.15, -0.1) is 10.1 Å². The smallest absolute Gasteiger partial charge is 0.342 e. The predicted molar refractivity (Wildman–Crippen MR) is 37.1 cm³/mol. The summed E-state index contributed by atoms with van der Waals surface area (Å²) in [4.78, 5) is 10.2. The number of carboxylic acids is 1. The fourth-order valence-electron chi connectivity index (χ4n) is 0.641. The van der Waals surface area contributed by atoms with Crippen molar-refractivity contribution in [2.45, 2.75) is 5.44 Å². The second-order valence-corrected chi connectivity index (χ2v) is 4.70. The van der Waals surface area contributed by atoms with Gasteiger partial charge in [0.15, 0.2) is 5.44 Å². The summed E-state index contributed by atoms with van der Waals surface area (Å²) < 4.78 is 4.82. The summed E-state index contributed by atoms with van der Waals surface area (Å²) in [6.07, 6.45) is 0. The van der Waals surface area contributed by atoms with Crippen molar-refractivity contribution < 1.29 is 14.6 Å². The largest absolute Gasteiger partial charge is 0.479 e. The molecule has 1 rings (SSSR count). The number of halogens is 1. The van der Waals surface area contributed by atoms with E-state index < -0.39 is 21.5 Å². The van der Waals surface area contributed by atoms with Crippen LogP contribution in [0.5, 0.6) is 0 Å². The molecule has 1 unspecified atom stereocenters. The Labute approximate surface area is 59.8 Å². The van der Waals surface area contributed by atoms with Crippen molar-refractivity contribution >= 4 is 26.8 Å². The van der Waals surface area contributed by atoms with Crippen molar-refractivity contribution in [1.82, 2.24) is 0 Å². The van der Waals surface area contributed by atoms with Crippen molar-refractivity contribution in [3.8, 4) is 0 Å². The molecule has 5 heteroatoms. The third-order valence-corrected chi connectivity index (χ3v) is 3.57. The lowest BCUT2D eigenvalue weighted by Crippen LogP contribution is -2.16. The molecule has 3 nitrogen and oxygen atoms in total. The van der Waals surface area contributed by atoms with Crippen LogP contribution in [-0.2, 0) is 9.53 Å². The molecular formula is C4H7ClO3S. The number of hydrogen-bond acceptors (Lipinski definition) is 2. The first kappa shape index (κ1) is 7.18. The van der Waals surface area contributed by atoms with Gasteiger partial charge < -0.3 is 9.84 Å². The normalized spacial score (nSPS) is 38.8. The van der Waals surface area contributed by atoms with E-state index in [1.54, 1.807) is 0 Å². The SMILES string of the molecule is O=C(O)[C@@H]1OCC[SH]1Cl. The molecule has 0 radical (unpaired) electrons. The van der Waals surface area contributed by atoms with Crippen LogP contribution in [0, 0.1) is 0 Å². The Morgan fingerprint density at radius 2 is 2.56 bits per heavy atom. The van der Waals surface area contributed by atoms with Gasteiger partial charge in [0, 0.05) is 5.75 Å². The Bertz CT molecular complexity index is 129. The van der Waals surface area contributed by atoms with E-state index in [-0.39, 0.29) is 0 Å². The fraction of sp³-hybridized carbons (Fsp3) is 0.750. The van der Waals surface area contributed by atoms with Crippen LogP contribution in [0.4, 0.5) is 0 Å². The molecule has 0 aliphatic carbocycles. The maximum Gasteiger partial charge on any atom is 0.342 e. The van der Waals surface area contributed by atoms with Crippen molar-refractivity contribution in [3.63, 3.8) is 0 Å². The molecule has 1 aliphatic heterocycles. The summed E-state index contributed by atoms with van der Waals surface area (Å²) in [5.41, 5.74) is -0.721. The molecule has 1 N–H and O–H groups in total.